The smallest absolute Gasteiger partial charge is 0.135 e. The monoisotopic (exact) mass is 224 g/mol. The highest BCUT2D eigenvalue weighted by molar-refractivity contribution is 7.11. The van der Waals surface area contributed by atoms with Gasteiger partial charge in [-0.25, -0.2) is 4.98 Å². The fourth-order valence-corrected chi connectivity index (χ4v) is 2.74. The average molecular weight is 224 g/mol. The van der Waals surface area contributed by atoms with Crippen LogP contribution in [0.3, 0.4) is 0 Å². The maximum absolute atomic E-state index is 11.1. The number of Topliss-reactive ketones (excluding diaryl/α,β-unsaturated/α-hetero) is 1. The molecule has 2 rings (SSSR count). The molecule has 15 heavy (non-hydrogen) atoms. The Hall–Kier alpha value is -0.740. The molecule has 1 aliphatic rings. The number of likely N-dealkylation sites (tertiary alicyclic amines) is 1. The van der Waals surface area contributed by atoms with Gasteiger partial charge in [-0.1, -0.05) is 0 Å². The first-order chi connectivity index (χ1) is 7.16. The van der Waals surface area contributed by atoms with Crippen LogP contribution >= 0.6 is 11.3 Å². The number of hydrogen-bond donors (Lipinski definition) is 0. The van der Waals surface area contributed by atoms with Gasteiger partial charge in [0.05, 0.1) is 6.04 Å². The van der Waals surface area contributed by atoms with Gasteiger partial charge in [-0.15, -0.1) is 11.3 Å². The summed E-state index contributed by atoms with van der Waals surface area (Å²) in [7, 11) is 0. The molecule has 3 nitrogen and oxygen atoms in total. The second kappa shape index (κ2) is 4.41. The van der Waals surface area contributed by atoms with Gasteiger partial charge < -0.3 is 0 Å². The molecule has 0 saturated carbocycles. The molecule has 0 spiro atoms. The number of carbonyl (C=O) groups excluding carboxylic acids is 1. The summed E-state index contributed by atoms with van der Waals surface area (Å²) in [5.74, 6) is 0.397. The zero-order valence-electron chi connectivity index (χ0n) is 9.19. The largest absolute Gasteiger partial charge is 0.300 e. The first kappa shape index (κ1) is 10.8. The molecule has 82 valence electrons. The summed E-state index contributed by atoms with van der Waals surface area (Å²) < 4.78 is 0. The SMILES string of the molecule is Cc1cnc(C(C)N2CCC(=O)CC2)s1. The van der Waals surface area contributed by atoms with E-state index in [1.54, 1.807) is 11.3 Å². The molecular weight excluding hydrogens is 208 g/mol. The van der Waals surface area contributed by atoms with Crippen LogP contribution in [0.25, 0.3) is 0 Å². The zero-order valence-corrected chi connectivity index (χ0v) is 10.0. The lowest BCUT2D eigenvalue weighted by molar-refractivity contribution is -0.121. The van der Waals surface area contributed by atoms with Gasteiger partial charge in [0.1, 0.15) is 10.8 Å². The normalized spacial score (nSPS) is 20.5. The van der Waals surface area contributed by atoms with Crippen molar-refractivity contribution in [1.82, 2.24) is 9.88 Å². The second-order valence-electron chi connectivity index (χ2n) is 4.06. The Kier molecular flexibility index (Phi) is 3.17. The van der Waals surface area contributed by atoms with Crippen LogP contribution < -0.4 is 0 Å². The molecule has 1 fully saturated rings. The molecule has 0 bridgehead atoms. The minimum absolute atomic E-state index is 0.358. The summed E-state index contributed by atoms with van der Waals surface area (Å²) in [5.41, 5.74) is 0. The molecule has 1 unspecified atom stereocenters. The first-order valence-corrected chi connectivity index (χ1v) is 6.16. The van der Waals surface area contributed by atoms with E-state index in [9.17, 15) is 4.79 Å². The third-order valence-corrected chi connectivity index (χ3v) is 3.98. The molecule has 0 N–H and O–H groups in total. The zero-order chi connectivity index (χ0) is 10.8. The van der Waals surface area contributed by atoms with E-state index in [-0.39, 0.29) is 0 Å². The van der Waals surface area contributed by atoms with Gasteiger partial charge in [0.25, 0.3) is 0 Å². The van der Waals surface area contributed by atoms with Crippen molar-refractivity contribution in [3.8, 4) is 0 Å². The van der Waals surface area contributed by atoms with Gasteiger partial charge in [-0.2, -0.15) is 0 Å². The molecule has 1 aliphatic heterocycles. The Morgan fingerprint density at radius 2 is 2.13 bits per heavy atom. The number of carbonyl (C=O) groups is 1. The molecule has 2 heterocycles. The van der Waals surface area contributed by atoms with Gasteiger partial charge in [0.2, 0.25) is 0 Å². The summed E-state index contributed by atoms with van der Waals surface area (Å²) >= 11 is 1.75. The van der Waals surface area contributed by atoms with Crippen molar-refractivity contribution in [2.75, 3.05) is 13.1 Å². The number of piperidine rings is 1. The standard InChI is InChI=1S/C11H16N2OS/c1-8-7-12-11(15-8)9(2)13-5-3-10(14)4-6-13/h7,9H,3-6H2,1-2H3. The maximum Gasteiger partial charge on any atom is 0.135 e. The fraction of sp³-hybridized carbons (Fsp3) is 0.636. The van der Waals surface area contributed by atoms with Crippen LogP contribution in [0.4, 0.5) is 0 Å². The van der Waals surface area contributed by atoms with Crippen molar-refractivity contribution in [3.05, 3.63) is 16.1 Å². The number of rotatable bonds is 2. The van der Waals surface area contributed by atoms with E-state index in [0.717, 1.165) is 13.1 Å². The molecule has 1 aromatic heterocycles. The molecule has 0 radical (unpaired) electrons. The predicted octanol–water partition coefficient (Wildman–Crippen LogP) is 2.18. The Morgan fingerprint density at radius 1 is 1.47 bits per heavy atom. The van der Waals surface area contributed by atoms with Crippen LogP contribution in [0.5, 0.6) is 0 Å². The molecule has 1 saturated heterocycles. The van der Waals surface area contributed by atoms with E-state index in [1.807, 2.05) is 6.20 Å². The van der Waals surface area contributed by atoms with E-state index in [1.165, 1.54) is 9.88 Å². The van der Waals surface area contributed by atoms with Gasteiger partial charge in [0, 0.05) is 37.0 Å². The van der Waals surface area contributed by atoms with Crippen LogP contribution in [-0.4, -0.2) is 28.8 Å². The van der Waals surface area contributed by atoms with Crippen LogP contribution in [-0.2, 0) is 4.79 Å². The molecule has 0 amide bonds. The molecule has 1 aromatic rings. The summed E-state index contributed by atoms with van der Waals surface area (Å²) in [6, 6.07) is 0.358. The van der Waals surface area contributed by atoms with Crippen molar-refractivity contribution in [1.29, 1.82) is 0 Å². The number of ketones is 1. The highest BCUT2D eigenvalue weighted by Crippen LogP contribution is 2.26. The minimum atomic E-state index is 0.358. The molecule has 0 aliphatic carbocycles. The lowest BCUT2D eigenvalue weighted by Gasteiger charge is -2.30. The summed E-state index contributed by atoms with van der Waals surface area (Å²) in [4.78, 5) is 19.1. The van der Waals surface area contributed by atoms with Crippen molar-refractivity contribution in [2.45, 2.75) is 32.7 Å². The average Bonchev–Trinajstić information content (AvgIpc) is 2.65. The van der Waals surface area contributed by atoms with E-state index in [2.05, 4.69) is 23.7 Å². The second-order valence-corrected chi connectivity index (χ2v) is 5.33. The number of aryl methyl sites for hydroxylation is 1. The third-order valence-electron chi connectivity index (χ3n) is 2.90. The third kappa shape index (κ3) is 2.44. The number of hydrogen-bond acceptors (Lipinski definition) is 4. The lowest BCUT2D eigenvalue weighted by atomic mass is 10.1. The summed E-state index contributed by atoms with van der Waals surface area (Å²) in [5, 5.41) is 1.17. The topological polar surface area (TPSA) is 33.2 Å². The highest BCUT2D eigenvalue weighted by Gasteiger charge is 2.23. The Labute approximate surface area is 94.1 Å². The van der Waals surface area contributed by atoms with Gasteiger partial charge >= 0.3 is 0 Å². The van der Waals surface area contributed by atoms with E-state index in [0.29, 0.717) is 24.7 Å². The van der Waals surface area contributed by atoms with Crippen LogP contribution in [0.1, 0.15) is 35.7 Å². The molecule has 1 atom stereocenters. The van der Waals surface area contributed by atoms with Crippen LogP contribution in [0.15, 0.2) is 6.20 Å². The van der Waals surface area contributed by atoms with Crippen molar-refractivity contribution < 1.29 is 4.79 Å². The Balaban J connectivity index is 2.02. The van der Waals surface area contributed by atoms with Gasteiger partial charge in [0.15, 0.2) is 0 Å². The Bertz CT molecular complexity index is 351. The molecule has 4 heteroatoms. The van der Waals surface area contributed by atoms with Crippen molar-refractivity contribution >= 4 is 17.1 Å². The highest BCUT2D eigenvalue weighted by atomic mass is 32.1. The van der Waals surface area contributed by atoms with Crippen LogP contribution in [0.2, 0.25) is 0 Å². The Morgan fingerprint density at radius 3 is 2.67 bits per heavy atom. The minimum Gasteiger partial charge on any atom is -0.300 e. The quantitative estimate of drug-likeness (QED) is 0.772. The molecular formula is C11H16N2OS. The van der Waals surface area contributed by atoms with Crippen molar-refractivity contribution in [2.24, 2.45) is 0 Å². The van der Waals surface area contributed by atoms with Crippen molar-refractivity contribution in [3.63, 3.8) is 0 Å². The van der Waals surface area contributed by atoms with E-state index in [4.69, 9.17) is 0 Å². The molecule has 0 aromatic carbocycles. The summed E-state index contributed by atoms with van der Waals surface area (Å²) in [6.45, 7) is 6.03. The number of nitrogens with zero attached hydrogens (tertiary/aromatic N) is 2. The number of aromatic nitrogens is 1. The van der Waals surface area contributed by atoms with E-state index >= 15 is 0 Å². The maximum atomic E-state index is 11.1. The van der Waals surface area contributed by atoms with Gasteiger partial charge in [-0.3, -0.25) is 9.69 Å². The van der Waals surface area contributed by atoms with Gasteiger partial charge in [-0.05, 0) is 13.8 Å². The number of thiazole rings is 1. The lowest BCUT2D eigenvalue weighted by Crippen LogP contribution is -2.35. The fourth-order valence-electron chi connectivity index (χ4n) is 1.88. The predicted molar refractivity (Wildman–Crippen MR) is 61.1 cm³/mol. The first-order valence-electron chi connectivity index (χ1n) is 5.35. The summed E-state index contributed by atoms with van der Waals surface area (Å²) in [6.07, 6.45) is 3.33. The van der Waals surface area contributed by atoms with E-state index < -0.39 is 0 Å². The van der Waals surface area contributed by atoms with Crippen LogP contribution in [0, 0.1) is 6.92 Å².